The first-order chi connectivity index (χ1) is 8.67. The Labute approximate surface area is 111 Å². The first kappa shape index (κ1) is 15.4. The highest BCUT2D eigenvalue weighted by Crippen LogP contribution is 2.12. The summed E-state index contributed by atoms with van der Waals surface area (Å²) in [5, 5.41) is 6.34. The third-order valence-corrected chi connectivity index (χ3v) is 3.59. The predicted molar refractivity (Wildman–Crippen MR) is 75.7 cm³/mol. The summed E-state index contributed by atoms with van der Waals surface area (Å²) in [5.41, 5.74) is 0. The highest BCUT2D eigenvalue weighted by atomic mass is 16.2. The Balaban J connectivity index is 2.32. The first-order valence-corrected chi connectivity index (χ1v) is 7.43. The fourth-order valence-electron chi connectivity index (χ4n) is 2.62. The molecule has 4 nitrogen and oxygen atoms in total. The van der Waals surface area contributed by atoms with E-state index >= 15 is 0 Å². The number of carbonyl (C=O) groups excluding carboxylic acids is 1. The van der Waals surface area contributed by atoms with Crippen LogP contribution in [0.25, 0.3) is 0 Å². The Hall–Kier alpha value is -0.610. The zero-order valence-electron chi connectivity index (χ0n) is 12.2. The van der Waals surface area contributed by atoms with Gasteiger partial charge < -0.3 is 15.5 Å². The standard InChI is InChI=1S/C14H29N3O/c1-4-9-17-10-6-7-13(8-11-17)16-12(3)14(18)15-5-2/h12-13,16H,4-11H2,1-3H3,(H,15,18). The number of rotatable bonds is 6. The van der Waals surface area contributed by atoms with Gasteiger partial charge in [0.1, 0.15) is 0 Å². The van der Waals surface area contributed by atoms with Crippen molar-refractivity contribution in [1.82, 2.24) is 15.5 Å². The van der Waals surface area contributed by atoms with Gasteiger partial charge in [-0.2, -0.15) is 0 Å². The molecule has 0 aromatic carbocycles. The number of nitrogens with zero attached hydrogens (tertiary/aromatic N) is 1. The van der Waals surface area contributed by atoms with Crippen LogP contribution < -0.4 is 10.6 Å². The maximum absolute atomic E-state index is 11.7. The number of hydrogen-bond donors (Lipinski definition) is 2. The highest BCUT2D eigenvalue weighted by molar-refractivity contribution is 5.81. The molecule has 1 aliphatic rings. The van der Waals surface area contributed by atoms with Gasteiger partial charge in [-0.1, -0.05) is 6.92 Å². The number of hydrogen-bond acceptors (Lipinski definition) is 3. The second-order valence-corrected chi connectivity index (χ2v) is 5.25. The molecule has 1 fully saturated rings. The van der Waals surface area contributed by atoms with Gasteiger partial charge in [-0.05, 0) is 59.2 Å². The van der Waals surface area contributed by atoms with Crippen molar-refractivity contribution >= 4 is 5.91 Å². The van der Waals surface area contributed by atoms with Crippen LogP contribution in [-0.4, -0.2) is 49.1 Å². The molecule has 0 saturated carbocycles. The average molecular weight is 255 g/mol. The van der Waals surface area contributed by atoms with E-state index in [-0.39, 0.29) is 11.9 Å². The second kappa shape index (κ2) is 8.48. The van der Waals surface area contributed by atoms with Crippen molar-refractivity contribution in [3.05, 3.63) is 0 Å². The largest absolute Gasteiger partial charge is 0.355 e. The molecule has 0 bridgehead atoms. The fraction of sp³-hybridized carbons (Fsp3) is 0.929. The number of likely N-dealkylation sites (tertiary alicyclic amines) is 1. The van der Waals surface area contributed by atoms with E-state index in [1.807, 2.05) is 13.8 Å². The highest BCUT2D eigenvalue weighted by Gasteiger charge is 2.20. The Morgan fingerprint density at radius 2 is 2.11 bits per heavy atom. The molecule has 0 aromatic heterocycles. The lowest BCUT2D eigenvalue weighted by molar-refractivity contribution is -0.122. The normalized spacial score (nSPS) is 23.4. The van der Waals surface area contributed by atoms with E-state index < -0.39 is 0 Å². The van der Waals surface area contributed by atoms with Gasteiger partial charge >= 0.3 is 0 Å². The molecule has 0 radical (unpaired) electrons. The van der Waals surface area contributed by atoms with Gasteiger partial charge in [0, 0.05) is 12.6 Å². The molecule has 1 heterocycles. The second-order valence-electron chi connectivity index (χ2n) is 5.25. The topological polar surface area (TPSA) is 44.4 Å². The summed E-state index contributed by atoms with van der Waals surface area (Å²) >= 11 is 0. The summed E-state index contributed by atoms with van der Waals surface area (Å²) < 4.78 is 0. The van der Waals surface area contributed by atoms with E-state index in [4.69, 9.17) is 0 Å². The van der Waals surface area contributed by atoms with Crippen LogP contribution in [0.2, 0.25) is 0 Å². The Kier molecular flexibility index (Phi) is 7.28. The minimum absolute atomic E-state index is 0.0762. The van der Waals surface area contributed by atoms with Crippen LogP contribution in [0.1, 0.15) is 46.5 Å². The number of likely N-dealkylation sites (N-methyl/N-ethyl adjacent to an activating group) is 1. The van der Waals surface area contributed by atoms with Crippen molar-refractivity contribution in [2.45, 2.75) is 58.5 Å². The van der Waals surface area contributed by atoms with Crippen molar-refractivity contribution in [2.75, 3.05) is 26.2 Å². The van der Waals surface area contributed by atoms with Crippen molar-refractivity contribution < 1.29 is 4.79 Å². The van der Waals surface area contributed by atoms with Crippen LogP contribution in [0.5, 0.6) is 0 Å². The van der Waals surface area contributed by atoms with Crippen LogP contribution in [0, 0.1) is 0 Å². The first-order valence-electron chi connectivity index (χ1n) is 7.43. The van der Waals surface area contributed by atoms with Gasteiger partial charge in [-0.25, -0.2) is 0 Å². The van der Waals surface area contributed by atoms with Gasteiger partial charge in [-0.3, -0.25) is 4.79 Å². The van der Waals surface area contributed by atoms with E-state index in [0.717, 1.165) is 13.0 Å². The van der Waals surface area contributed by atoms with Crippen molar-refractivity contribution in [3.63, 3.8) is 0 Å². The quantitative estimate of drug-likeness (QED) is 0.753. The summed E-state index contributed by atoms with van der Waals surface area (Å²) in [7, 11) is 0. The molecule has 1 rings (SSSR count). The third-order valence-electron chi connectivity index (χ3n) is 3.59. The van der Waals surface area contributed by atoms with E-state index in [2.05, 4.69) is 22.5 Å². The zero-order chi connectivity index (χ0) is 13.4. The molecule has 0 aromatic rings. The molecule has 2 unspecified atom stereocenters. The molecule has 1 aliphatic heterocycles. The summed E-state index contributed by atoms with van der Waals surface area (Å²) in [6.07, 6.45) is 4.81. The van der Waals surface area contributed by atoms with Crippen LogP contribution >= 0.6 is 0 Å². The van der Waals surface area contributed by atoms with Gasteiger partial charge in [0.15, 0.2) is 0 Å². The Bertz CT molecular complexity index is 245. The van der Waals surface area contributed by atoms with Gasteiger partial charge in [-0.15, -0.1) is 0 Å². The summed E-state index contributed by atoms with van der Waals surface area (Å²) in [4.78, 5) is 14.2. The third kappa shape index (κ3) is 5.36. The molecular formula is C14H29N3O. The maximum Gasteiger partial charge on any atom is 0.236 e. The molecule has 1 saturated heterocycles. The van der Waals surface area contributed by atoms with Gasteiger partial charge in [0.2, 0.25) is 5.91 Å². The maximum atomic E-state index is 11.7. The summed E-state index contributed by atoms with van der Waals surface area (Å²) in [6, 6.07) is 0.414. The fourth-order valence-corrected chi connectivity index (χ4v) is 2.62. The lowest BCUT2D eigenvalue weighted by Crippen LogP contribution is -2.46. The van der Waals surface area contributed by atoms with Crippen LogP contribution in [-0.2, 0) is 4.79 Å². The van der Waals surface area contributed by atoms with Crippen molar-refractivity contribution in [3.8, 4) is 0 Å². The van der Waals surface area contributed by atoms with Gasteiger partial charge in [0.25, 0.3) is 0 Å². The number of carbonyl (C=O) groups is 1. The van der Waals surface area contributed by atoms with E-state index in [1.54, 1.807) is 0 Å². The molecule has 2 N–H and O–H groups in total. The predicted octanol–water partition coefficient (Wildman–Crippen LogP) is 1.37. The lowest BCUT2D eigenvalue weighted by atomic mass is 10.1. The zero-order valence-corrected chi connectivity index (χ0v) is 12.2. The van der Waals surface area contributed by atoms with E-state index in [1.165, 1.54) is 32.4 Å². The minimum atomic E-state index is -0.0762. The smallest absolute Gasteiger partial charge is 0.236 e. The Morgan fingerprint density at radius 3 is 2.78 bits per heavy atom. The van der Waals surface area contributed by atoms with Crippen molar-refractivity contribution in [2.24, 2.45) is 0 Å². The Morgan fingerprint density at radius 1 is 1.33 bits per heavy atom. The molecule has 18 heavy (non-hydrogen) atoms. The van der Waals surface area contributed by atoms with Gasteiger partial charge in [0.05, 0.1) is 6.04 Å². The molecule has 0 spiro atoms. The molecule has 106 valence electrons. The summed E-state index contributed by atoms with van der Waals surface area (Å²) in [6.45, 7) is 10.4. The minimum Gasteiger partial charge on any atom is -0.355 e. The molecule has 1 amide bonds. The molecule has 0 aliphatic carbocycles. The average Bonchev–Trinajstić information content (AvgIpc) is 2.56. The van der Waals surface area contributed by atoms with E-state index in [0.29, 0.717) is 12.6 Å². The van der Waals surface area contributed by atoms with E-state index in [9.17, 15) is 4.79 Å². The molecule has 4 heteroatoms. The number of nitrogens with one attached hydrogen (secondary N) is 2. The van der Waals surface area contributed by atoms with Crippen molar-refractivity contribution in [1.29, 1.82) is 0 Å². The van der Waals surface area contributed by atoms with Crippen LogP contribution in [0.3, 0.4) is 0 Å². The van der Waals surface area contributed by atoms with Crippen LogP contribution in [0.15, 0.2) is 0 Å². The monoisotopic (exact) mass is 255 g/mol. The SMILES string of the molecule is CCCN1CCCC(NC(C)C(=O)NCC)CC1. The number of amides is 1. The lowest BCUT2D eigenvalue weighted by Gasteiger charge is -2.22. The summed E-state index contributed by atoms with van der Waals surface area (Å²) in [5.74, 6) is 0.118. The molecule has 2 atom stereocenters. The van der Waals surface area contributed by atoms with Crippen LogP contribution in [0.4, 0.5) is 0 Å². The molecular weight excluding hydrogens is 226 g/mol.